The molecular weight excluding hydrogens is 218 g/mol. The van der Waals surface area contributed by atoms with E-state index in [4.69, 9.17) is 0 Å². The molecule has 0 aromatic heterocycles. The monoisotopic (exact) mass is 251 g/mol. The van der Waals surface area contributed by atoms with Gasteiger partial charge in [0.25, 0.3) is 0 Å². The van der Waals surface area contributed by atoms with E-state index in [9.17, 15) is 0 Å². The van der Waals surface area contributed by atoms with E-state index in [-0.39, 0.29) is 0 Å². The minimum absolute atomic E-state index is 0.728. The Labute approximate surface area is 114 Å². The summed E-state index contributed by atoms with van der Waals surface area (Å²) >= 11 is 0. The normalized spacial score (nSPS) is 30.7. The van der Waals surface area contributed by atoms with Crippen LogP contribution in [0.25, 0.3) is 0 Å². The van der Waals surface area contributed by atoms with Crippen molar-refractivity contribution in [3.8, 4) is 0 Å². The van der Waals surface area contributed by atoms with Gasteiger partial charge in [-0.2, -0.15) is 0 Å². The fraction of sp³-hybridized carbons (Fsp3) is 1.00. The van der Waals surface area contributed by atoms with Gasteiger partial charge in [-0.1, -0.05) is 39.5 Å². The van der Waals surface area contributed by atoms with E-state index in [0.717, 1.165) is 29.8 Å². The third-order valence-corrected chi connectivity index (χ3v) is 4.94. The van der Waals surface area contributed by atoms with Gasteiger partial charge in [0.05, 0.1) is 0 Å². The van der Waals surface area contributed by atoms with Crippen molar-refractivity contribution in [3.05, 3.63) is 0 Å². The number of hydrogen-bond acceptors (Lipinski definition) is 1. The molecule has 0 spiro atoms. The van der Waals surface area contributed by atoms with E-state index in [1.54, 1.807) is 0 Å². The Hall–Kier alpha value is -0.0400. The summed E-state index contributed by atoms with van der Waals surface area (Å²) in [6, 6.07) is 1.56. The van der Waals surface area contributed by atoms with E-state index in [2.05, 4.69) is 26.1 Å². The Balaban J connectivity index is 1.61. The summed E-state index contributed by atoms with van der Waals surface area (Å²) in [5, 5.41) is 3.91. The molecule has 2 aliphatic carbocycles. The van der Waals surface area contributed by atoms with Crippen LogP contribution in [0.2, 0.25) is 0 Å². The molecule has 0 saturated heterocycles. The maximum Gasteiger partial charge on any atom is 0.00722 e. The topological polar surface area (TPSA) is 12.0 Å². The van der Waals surface area contributed by atoms with Crippen LogP contribution in [0.5, 0.6) is 0 Å². The van der Waals surface area contributed by atoms with Gasteiger partial charge in [0, 0.05) is 12.1 Å². The molecule has 2 fully saturated rings. The highest BCUT2D eigenvalue weighted by Gasteiger charge is 2.34. The van der Waals surface area contributed by atoms with E-state index in [0.29, 0.717) is 0 Å². The molecule has 0 aromatic carbocycles. The Morgan fingerprint density at radius 1 is 0.944 bits per heavy atom. The van der Waals surface area contributed by atoms with Gasteiger partial charge in [-0.3, -0.25) is 0 Å². The van der Waals surface area contributed by atoms with E-state index in [1.165, 1.54) is 57.8 Å². The first kappa shape index (κ1) is 14.4. The molecule has 3 unspecified atom stereocenters. The van der Waals surface area contributed by atoms with Crippen molar-refractivity contribution in [2.75, 3.05) is 0 Å². The highest BCUT2D eigenvalue weighted by molar-refractivity contribution is 4.88. The minimum Gasteiger partial charge on any atom is -0.311 e. The fourth-order valence-corrected chi connectivity index (χ4v) is 3.69. The summed E-state index contributed by atoms with van der Waals surface area (Å²) in [6.07, 6.45) is 13.1. The van der Waals surface area contributed by atoms with Crippen LogP contribution in [-0.2, 0) is 0 Å². The maximum atomic E-state index is 3.91. The van der Waals surface area contributed by atoms with E-state index < -0.39 is 0 Å². The molecular formula is C17H33N. The number of hydrogen-bond donors (Lipinski definition) is 1. The maximum absolute atomic E-state index is 3.91. The van der Waals surface area contributed by atoms with Crippen LogP contribution in [0, 0.1) is 17.8 Å². The van der Waals surface area contributed by atoms with Gasteiger partial charge < -0.3 is 5.32 Å². The Morgan fingerprint density at radius 3 is 2.39 bits per heavy atom. The SMILES string of the molecule is CC(C)CCCC(C)NC1CCCC(C2CC2)C1. The molecule has 2 rings (SSSR count). The number of nitrogens with one attached hydrogen (secondary N) is 1. The lowest BCUT2D eigenvalue weighted by atomic mass is 9.82. The minimum atomic E-state index is 0.728. The van der Waals surface area contributed by atoms with Gasteiger partial charge in [0.1, 0.15) is 0 Å². The van der Waals surface area contributed by atoms with Gasteiger partial charge >= 0.3 is 0 Å². The summed E-state index contributed by atoms with van der Waals surface area (Å²) < 4.78 is 0. The average Bonchev–Trinajstić information content (AvgIpc) is 3.12. The smallest absolute Gasteiger partial charge is 0.00722 e. The molecule has 2 saturated carbocycles. The number of rotatable bonds is 7. The molecule has 106 valence electrons. The highest BCUT2D eigenvalue weighted by atomic mass is 14.9. The summed E-state index contributed by atoms with van der Waals surface area (Å²) in [5.74, 6) is 3.05. The quantitative estimate of drug-likeness (QED) is 0.688. The Bertz CT molecular complexity index is 232. The van der Waals surface area contributed by atoms with Gasteiger partial charge in [0.2, 0.25) is 0 Å². The van der Waals surface area contributed by atoms with Crippen LogP contribution in [0.3, 0.4) is 0 Å². The van der Waals surface area contributed by atoms with Gasteiger partial charge in [0.15, 0.2) is 0 Å². The molecule has 1 heteroatoms. The van der Waals surface area contributed by atoms with Crippen LogP contribution in [0.15, 0.2) is 0 Å². The summed E-state index contributed by atoms with van der Waals surface area (Å²) in [7, 11) is 0. The first-order chi connectivity index (χ1) is 8.65. The van der Waals surface area contributed by atoms with Crippen molar-refractivity contribution in [1.29, 1.82) is 0 Å². The highest BCUT2D eigenvalue weighted by Crippen LogP contribution is 2.43. The zero-order valence-electron chi connectivity index (χ0n) is 12.8. The summed E-state index contributed by atoms with van der Waals surface area (Å²) in [6.45, 7) is 7.06. The molecule has 0 aliphatic heterocycles. The summed E-state index contributed by atoms with van der Waals surface area (Å²) in [4.78, 5) is 0. The van der Waals surface area contributed by atoms with Crippen LogP contribution >= 0.6 is 0 Å². The predicted octanol–water partition coefficient (Wildman–Crippen LogP) is 4.76. The fourth-order valence-electron chi connectivity index (χ4n) is 3.69. The second-order valence-corrected chi connectivity index (χ2v) is 7.35. The average molecular weight is 251 g/mol. The van der Waals surface area contributed by atoms with Gasteiger partial charge in [-0.05, 0) is 56.8 Å². The molecule has 2 aliphatic rings. The molecule has 0 heterocycles. The second kappa shape index (κ2) is 6.93. The Morgan fingerprint density at radius 2 is 1.72 bits per heavy atom. The van der Waals surface area contributed by atoms with Crippen molar-refractivity contribution >= 4 is 0 Å². The van der Waals surface area contributed by atoms with E-state index in [1.807, 2.05) is 0 Å². The van der Waals surface area contributed by atoms with Crippen molar-refractivity contribution in [3.63, 3.8) is 0 Å². The van der Waals surface area contributed by atoms with Crippen molar-refractivity contribution < 1.29 is 0 Å². The predicted molar refractivity (Wildman–Crippen MR) is 79.8 cm³/mol. The van der Waals surface area contributed by atoms with Crippen molar-refractivity contribution in [2.45, 2.75) is 90.6 Å². The standard InChI is InChI=1S/C17H33N/c1-13(2)6-4-7-14(3)18-17-9-5-8-16(12-17)15-10-11-15/h13-18H,4-12H2,1-3H3. The zero-order chi connectivity index (χ0) is 13.0. The second-order valence-electron chi connectivity index (χ2n) is 7.35. The Kier molecular flexibility index (Phi) is 5.54. The molecule has 18 heavy (non-hydrogen) atoms. The first-order valence-corrected chi connectivity index (χ1v) is 8.41. The lowest BCUT2D eigenvalue weighted by Crippen LogP contribution is -2.40. The third kappa shape index (κ3) is 4.91. The molecule has 1 N–H and O–H groups in total. The van der Waals surface area contributed by atoms with Crippen molar-refractivity contribution in [2.24, 2.45) is 17.8 Å². The largest absolute Gasteiger partial charge is 0.311 e. The van der Waals surface area contributed by atoms with Crippen LogP contribution in [0.4, 0.5) is 0 Å². The molecule has 0 amide bonds. The van der Waals surface area contributed by atoms with E-state index >= 15 is 0 Å². The molecule has 1 nitrogen and oxygen atoms in total. The summed E-state index contributed by atoms with van der Waals surface area (Å²) in [5.41, 5.74) is 0. The first-order valence-electron chi connectivity index (χ1n) is 8.41. The lowest BCUT2D eigenvalue weighted by molar-refractivity contribution is 0.245. The molecule has 0 radical (unpaired) electrons. The molecule has 3 atom stereocenters. The third-order valence-electron chi connectivity index (χ3n) is 4.94. The van der Waals surface area contributed by atoms with Gasteiger partial charge in [-0.25, -0.2) is 0 Å². The van der Waals surface area contributed by atoms with Crippen LogP contribution in [0.1, 0.15) is 78.6 Å². The lowest BCUT2D eigenvalue weighted by Gasteiger charge is -2.32. The molecule has 0 bridgehead atoms. The van der Waals surface area contributed by atoms with Crippen LogP contribution in [-0.4, -0.2) is 12.1 Å². The van der Waals surface area contributed by atoms with Gasteiger partial charge in [-0.15, -0.1) is 0 Å². The van der Waals surface area contributed by atoms with Crippen LogP contribution < -0.4 is 5.32 Å². The zero-order valence-corrected chi connectivity index (χ0v) is 12.8. The molecule has 0 aromatic rings. The van der Waals surface area contributed by atoms with Crippen molar-refractivity contribution in [1.82, 2.24) is 5.32 Å².